The normalized spacial score (nSPS) is 23.0. The number of hydrogen-bond donors (Lipinski definition) is 0. The average Bonchev–Trinajstić information content (AvgIpc) is 3.12. The highest BCUT2D eigenvalue weighted by molar-refractivity contribution is 5.82. The predicted octanol–water partition coefficient (Wildman–Crippen LogP) is 3.51. The summed E-state index contributed by atoms with van der Waals surface area (Å²) in [7, 11) is 0. The average molecular weight is 336 g/mol. The number of amides is 1. The second-order valence-corrected chi connectivity index (χ2v) is 7.85. The van der Waals surface area contributed by atoms with E-state index in [2.05, 4.69) is 22.8 Å². The molecule has 2 aliphatic carbocycles. The number of rotatable bonds is 2. The van der Waals surface area contributed by atoms with Crippen LogP contribution in [0.15, 0.2) is 23.0 Å². The molecule has 130 valence electrons. The van der Waals surface area contributed by atoms with Gasteiger partial charge in [0, 0.05) is 29.7 Å². The molecule has 1 amide bonds. The van der Waals surface area contributed by atoms with Gasteiger partial charge >= 0.3 is 0 Å². The molecule has 3 aliphatic rings. The second-order valence-electron chi connectivity index (χ2n) is 7.85. The highest BCUT2D eigenvalue weighted by Crippen LogP contribution is 2.39. The lowest BCUT2D eigenvalue weighted by atomic mass is 9.83. The van der Waals surface area contributed by atoms with Crippen molar-refractivity contribution in [2.75, 3.05) is 6.54 Å². The van der Waals surface area contributed by atoms with Crippen LogP contribution in [-0.4, -0.2) is 22.4 Å². The smallest absolute Gasteiger partial charge is 0.210 e. The molecule has 1 aromatic carbocycles. The monoisotopic (exact) mass is 336 g/mol. The van der Waals surface area contributed by atoms with E-state index < -0.39 is 0 Å². The Bertz CT molecular complexity index is 908. The van der Waals surface area contributed by atoms with E-state index in [4.69, 9.17) is 0 Å². The summed E-state index contributed by atoms with van der Waals surface area (Å²) < 4.78 is 2.31. The van der Waals surface area contributed by atoms with Gasteiger partial charge in [-0.05, 0) is 49.3 Å². The summed E-state index contributed by atoms with van der Waals surface area (Å²) in [5, 5.41) is 0.891. The van der Waals surface area contributed by atoms with Gasteiger partial charge in [-0.1, -0.05) is 25.3 Å². The first-order valence-electron chi connectivity index (χ1n) is 9.68. The van der Waals surface area contributed by atoms with Crippen molar-refractivity contribution in [1.82, 2.24) is 9.47 Å². The molecule has 1 aliphatic heterocycles. The van der Waals surface area contributed by atoms with E-state index in [1.54, 1.807) is 0 Å². The fourth-order valence-electron chi connectivity index (χ4n) is 5.33. The van der Waals surface area contributed by atoms with Crippen molar-refractivity contribution >= 4 is 17.3 Å². The van der Waals surface area contributed by atoms with Gasteiger partial charge in [0.05, 0.1) is 11.6 Å². The van der Waals surface area contributed by atoms with Gasteiger partial charge < -0.3 is 9.47 Å². The molecule has 5 rings (SSSR count). The molecule has 0 saturated heterocycles. The largest absolute Gasteiger partial charge is 0.340 e. The van der Waals surface area contributed by atoms with Crippen LogP contribution >= 0.6 is 0 Å². The van der Waals surface area contributed by atoms with Crippen LogP contribution in [0.2, 0.25) is 0 Å². The maximum Gasteiger partial charge on any atom is 0.210 e. The minimum atomic E-state index is 0.0939. The van der Waals surface area contributed by atoms with Crippen LogP contribution in [0, 0.1) is 0 Å². The van der Waals surface area contributed by atoms with Gasteiger partial charge in [-0.3, -0.25) is 9.59 Å². The number of nitrogens with zero attached hydrogens (tertiary/aromatic N) is 2. The zero-order chi connectivity index (χ0) is 17.0. The molecule has 0 N–H and O–H groups in total. The van der Waals surface area contributed by atoms with Gasteiger partial charge in [0.1, 0.15) is 0 Å². The summed E-state index contributed by atoms with van der Waals surface area (Å²) in [4.78, 5) is 26.4. The van der Waals surface area contributed by atoms with Crippen molar-refractivity contribution in [3.63, 3.8) is 0 Å². The first-order valence-corrected chi connectivity index (χ1v) is 9.68. The van der Waals surface area contributed by atoms with Gasteiger partial charge in [-0.2, -0.15) is 0 Å². The zero-order valence-electron chi connectivity index (χ0n) is 14.5. The van der Waals surface area contributed by atoms with E-state index in [1.807, 2.05) is 4.90 Å². The van der Waals surface area contributed by atoms with Gasteiger partial charge in [-0.25, -0.2) is 0 Å². The molecule has 4 heteroatoms. The Balaban J connectivity index is 1.69. The fourth-order valence-corrected chi connectivity index (χ4v) is 5.33. The lowest BCUT2D eigenvalue weighted by Gasteiger charge is -2.34. The maximum atomic E-state index is 13.2. The number of carbonyl (C=O) groups is 1. The Labute approximate surface area is 147 Å². The number of fused-ring (bicyclic) bond motifs is 2. The molecule has 0 bridgehead atoms. The van der Waals surface area contributed by atoms with Crippen molar-refractivity contribution < 1.29 is 4.79 Å². The highest BCUT2D eigenvalue weighted by atomic mass is 16.1. The first kappa shape index (κ1) is 15.2. The standard InChI is InChI=1S/C21H24N2O2/c24-13-22-10-11-23-18-8-6-15(14-4-2-1-3-5-14)12-17(18)21(25)16-7-9-19(22)20(16)23/h6,8,12-14,19H,1-5,7,9-11H2/t19-/m0/s1. The second kappa shape index (κ2) is 5.72. The third kappa shape index (κ3) is 2.19. The SMILES string of the molecule is O=CN1CCn2c3c(c(=O)c4cc(C5CCCCC5)ccc42)CC[C@@H]31. The first-order chi connectivity index (χ1) is 12.3. The van der Waals surface area contributed by atoms with Gasteiger partial charge in [0.25, 0.3) is 0 Å². The van der Waals surface area contributed by atoms with Gasteiger partial charge in [0.2, 0.25) is 6.41 Å². The molecule has 2 heterocycles. The minimum Gasteiger partial charge on any atom is -0.340 e. The van der Waals surface area contributed by atoms with Crippen molar-refractivity contribution in [2.24, 2.45) is 0 Å². The van der Waals surface area contributed by atoms with Crippen molar-refractivity contribution in [2.45, 2.75) is 63.5 Å². The van der Waals surface area contributed by atoms with E-state index >= 15 is 0 Å². The number of benzene rings is 1. The highest BCUT2D eigenvalue weighted by Gasteiger charge is 2.35. The van der Waals surface area contributed by atoms with E-state index in [0.29, 0.717) is 5.92 Å². The number of aromatic nitrogens is 1. The Morgan fingerprint density at radius 1 is 1.04 bits per heavy atom. The molecular formula is C21H24N2O2. The summed E-state index contributed by atoms with van der Waals surface area (Å²) in [6, 6.07) is 6.67. The number of pyridine rings is 1. The molecule has 1 atom stereocenters. The van der Waals surface area contributed by atoms with Crippen LogP contribution < -0.4 is 5.43 Å². The molecule has 0 radical (unpaired) electrons. The number of carbonyl (C=O) groups excluding carboxylic acids is 1. The summed E-state index contributed by atoms with van der Waals surface area (Å²) >= 11 is 0. The van der Waals surface area contributed by atoms with Crippen LogP contribution in [0.1, 0.15) is 67.3 Å². The van der Waals surface area contributed by atoms with Gasteiger partial charge in [0.15, 0.2) is 5.43 Å². The molecule has 2 aromatic rings. The van der Waals surface area contributed by atoms with E-state index in [9.17, 15) is 9.59 Å². The summed E-state index contributed by atoms with van der Waals surface area (Å²) in [6.45, 7) is 1.53. The molecule has 0 unspecified atom stereocenters. The summed E-state index contributed by atoms with van der Waals surface area (Å²) in [6.07, 6.45) is 9.09. The maximum absolute atomic E-state index is 13.2. The Hall–Kier alpha value is -2.10. The third-order valence-corrected chi connectivity index (χ3v) is 6.61. The lowest BCUT2D eigenvalue weighted by molar-refractivity contribution is -0.121. The topological polar surface area (TPSA) is 42.3 Å². The van der Waals surface area contributed by atoms with Crippen molar-refractivity contribution in [1.29, 1.82) is 0 Å². The molecule has 0 spiro atoms. The van der Waals surface area contributed by atoms with Crippen LogP contribution in [-0.2, 0) is 17.8 Å². The van der Waals surface area contributed by atoms with Crippen LogP contribution in [0.4, 0.5) is 0 Å². The third-order valence-electron chi connectivity index (χ3n) is 6.61. The molecule has 1 fully saturated rings. The molecule has 4 nitrogen and oxygen atoms in total. The van der Waals surface area contributed by atoms with Crippen LogP contribution in [0.25, 0.3) is 10.9 Å². The van der Waals surface area contributed by atoms with E-state index in [-0.39, 0.29) is 11.5 Å². The lowest BCUT2D eigenvalue weighted by Crippen LogP contribution is -2.37. The fraction of sp³-hybridized carbons (Fsp3) is 0.524. The van der Waals surface area contributed by atoms with E-state index in [0.717, 1.165) is 54.5 Å². The van der Waals surface area contributed by atoms with Crippen LogP contribution in [0.3, 0.4) is 0 Å². The summed E-state index contributed by atoms with van der Waals surface area (Å²) in [5.41, 5.74) is 4.65. The predicted molar refractivity (Wildman–Crippen MR) is 97.9 cm³/mol. The van der Waals surface area contributed by atoms with E-state index in [1.165, 1.54) is 37.7 Å². The zero-order valence-corrected chi connectivity index (χ0v) is 14.5. The Kier molecular flexibility index (Phi) is 3.47. The summed E-state index contributed by atoms with van der Waals surface area (Å²) in [5.74, 6) is 0.616. The van der Waals surface area contributed by atoms with Crippen molar-refractivity contribution in [3.8, 4) is 0 Å². The molecule has 1 aromatic heterocycles. The molecular weight excluding hydrogens is 312 g/mol. The number of hydrogen-bond acceptors (Lipinski definition) is 2. The quantitative estimate of drug-likeness (QED) is 0.788. The minimum absolute atomic E-state index is 0.0939. The van der Waals surface area contributed by atoms with Gasteiger partial charge in [-0.15, -0.1) is 0 Å². The Morgan fingerprint density at radius 2 is 1.88 bits per heavy atom. The van der Waals surface area contributed by atoms with Crippen LogP contribution in [0.5, 0.6) is 0 Å². The molecule has 1 saturated carbocycles. The van der Waals surface area contributed by atoms with Crippen molar-refractivity contribution in [3.05, 3.63) is 45.2 Å². The Morgan fingerprint density at radius 3 is 2.68 bits per heavy atom. The molecule has 25 heavy (non-hydrogen) atoms.